The van der Waals surface area contributed by atoms with Gasteiger partial charge in [-0.05, 0) is 31.0 Å². The first-order valence-corrected chi connectivity index (χ1v) is 8.94. The average molecular weight is 321 g/mol. The molecule has 5 heteroatoms. The summed E-state index contributed by atoms with van der Waals surface area (Å²) in [6.07, 6.45) is 5.98. The van der Waals surface area contributed by atoms with Crippen LogP contribution >= 0.6 is 11.8 Å². The normalized spacial score (nSPS) is 22.9. The molecule has 1 saturated carbocycles. The molecule has 1 saturated heterocycles. The quantitative estimate of drug-likeness (QED) is 0.849. The summed E-state index contributed by atoms with van der Waals surface area (Å²) >= 11 is 1.69. The highest BCUT2D eigenvalue weighted by molar-refractivity contribution is 8.00. The number of methoxy groups -OCH3 is 2. The Hall–Kier alpha value is -1.36. The minimum atomic E-state index is 0.0423. The second kappa shape index (κ2) is 6.82. The summed E-state index contributed by atoms with van der Waals surface area (Å²) in [6, 6.07) is 6.20. The maximum atomic E-state index is 12.4. The Bertz CT molecular complexity index is 543. The van der Waals surface area contributed by atoms with E-state index in [1.54, 1.807) is 26.0 Å². The van der Waals surface area contributed by atoms with Gasteiger partial charge in [0.15, 0.2) is 0 Å². The molecule has 0 N–H and O–H groups in total. The molecule has 0 unspecified atom stereocenters. The van der Waals surface area contributed by atoms with Gasteiger partial charge in [0, 0.05) is 11.6 Å². The standard InChI is InChI=1S/C17H23NO3S/c1-20-13-8-9-15(21-2)14(10-13)17-18(16(19)11-22-17)12-6-4-3-5-7-12/h8-10,12,17H,3-7,11H2,1-2H3/t17-/m0/s1. The van der Waals surface area contributed by atoms with Crippen molar-refractivity contribution in [2.75, 3.05) is 20.0 Å². The van der Waals surface area contributed by atoms with E-state index in [0.29, 0.717) is 11.8 Å². The average Bonchev–Trinajstić information content (AvgIpc) is 2.96. The van der Waals surface area contributed by atoms with E-state index < -0.39 is 0 Å². The van der Waals surface area contributed by atoms with Crippen molar-refractivity contribution in [3.8, 4) is 11.5 Å². The molecule has 3 rings (SSSR count). The van der Waals surface area contributed by atoms with E-state index in [4.69, 9.17) is 9.47 Å². The smallest absolute Gasteiger partial charge is 0.234 e. The molecule has 1 amide bonds. The van der Waals surface area contributed by atoms with Gasteiger partial charge in [0.1, 0.15) is 16.9 Å². The Morgan fingerprint density at radius 1 is 1.14 bits per heavy atom. The van der Waals surface area contributed by atoms with Gasteiger partial charge in [0.2, 0.25) is 5.91 Å². The molecule has 2 fully saturated rings. The van der Waals surface area contributed by atoms with E-state index >= 15 is 0 Å². The van der Waals surface area contributed by atoms with Gasteiger partial charge in [-0.1, -0.05) is 19.3 Å². The fourth-order valence-corrected chi connectivity index (χ4v) is 4.73. The van der Waals surface area contributed by atoms with Crippen LogP contribution in [0.25, 0.3) is 0 Å². The molecule has 1 heterocycles. The number of amides is 1. The van der Waals surface area contributed by atoms with Crippen molar-refractivity contribution in [3.63, 3.8) is 0 Å². The van der Waals surface area contributed by atoms with Gasteiger partial charge < -0.3 is 14.4 Å². The van der Waals surface area contributed by atoms with Crippen LogP contribution in [0, 0.1) is 0 Å². The third-order valence-electron chi connectivity index (χ3n) is 4.58. The van der Waals surface area contributed by atoms with Gasteiger partial charge in [0.25, 0.3) is 0 Å². The summed E-state index contributed by atoms with van der Waals surface area (Å²) in [5.74, 6) is 2.45. The van der Waals surface area contributed by atoms with Crippen LogP contribution in [0.15, 0.2) is 18.2 Å². The zero-order valence-corrected chi connectivity index (χ0v) is 14.0. The van der Waals surface area contributed by atoms with E-state index in [0.717, 1.165) is 29.9 Å². The minimum absolute atomic E-state index is 0.0423. The number of benzene rings is 1. The Balaban J connectivity index is 1.93. The van der Waals surface area contributed by atoms with E-state index in [2.05, 4.69) is 4.90 Å². The molecular weight excluding hydrogens is 298 g/mol. The van der Waals surface area contributed by atoms with Crippen molar-refractivity contribution in [2.45, 2.75) is 43.5 Å². The van der Waals surface area contributed by atoms with Gasteiger partial charge in [-0.3, -0.25) is 4.79 Å². The molecule has 4 nitrogen and oxygen atoms in total. The summed E-state index contributed by atoms with van der Waals surface area (Å²) in [6.45, 7) is 0. The SMILES string of the molecule is COc1ccc(OC)c([C@@H]2SCC(=O)N2C2CCCCC2)c1. The van der Waals surface area contributed by atoms with Crippen molar-refractivity contribution in [1.82, 2.24) is 4.90 Å². The Kier molecular flexibility index (Phi) is 4.81. The molecule has 0 radical (unpaired) electrons. The lowest BCUT2D eigenvalue weighted by Crippen LogP contribution is -2.39. The molecule has 1 atom stereocenters. The third kappa shape index (κ3) is 2.91. The maximum Gasteiger partial charge on any atom is 0.234 e. The lowest BCUT2D eigenvalue weighted by atomic mass is 9.93. The van der Waals surface area contributed by atoms with Crippen molar-refractivity contribution in [1.29, 1.82) is 0 Å². The highest BCUT2D eigenvalue weighted by Gasteiger charge is 2.39. The van der Waals surface area contributed by atoms with Crippen LogP contribution in [-0.2, 0) is 4.79 Å². The first-order chi connectivity index (χ1) is 10.7. The number of rotatable bonds is 4. The number of hydrogen-bond acceptors (Lipinski definition) is 4. The Morgan fingerprint density at radius 2 is 1.91 bits per heavy atom. The predicted octanol–water partition coefficient (Wildman–Crippen LogP) is 3.61. The van der Waals surface area contributed by atoms with Crippen LogP contribution in [0.3, 0.4) is 0 Å². The van der Waals surface area contributed by atoms with Crippen LogP contribution in [-0.4, -0.2) is 36.8 Å². The topological polar surface area (TPSA) is 38.8 Å². The number of ether oxygens (including phenoxy) is 2. The third-order valence-corrected chi connectivity index (χ3v) is 5.79. The monoisotopic (exact) mass is 321 g/mol. The van der Waals surface area contributed by atoms with Crippen LogP contribution < -0.4 is 9.47 Å². The molecule has 2 aliphatic rings. The van der Waals surface area contributed by atoms with Crippen molar-refractivity contribution in [3.05, 3.63) is 23.8 Å². The Labute approximate surface area is 136 Å². The number of carbonyl (C=O) groups is 1. The van der Waals surface area contributed by atoms with E-state index in [1.807, 2.05) is 18.2 Å². The largest absolute Gasteiger partial charge is 0.497 e. The number of carbonyl (C=O) groups excluding carboxylic acids is 1. The number of nitrogens with zero attached hydrogens (tertiary/aromatic N) is 1. The van der Waals surface area contributed by atoms with Gasteiger partial charge in [0.05, 0.1) is 20.0 Å². The summed E-state index contributed by atoms with van der Waals surface area (Å²) < 4.78 is 10.9. The number of hydrogen-bond donors (Lipinski definition) is 0. The molecule has 1 aliphatic heterocycles. The second-order valence-electron chi connectivity index (χ2n) is 5.86. The first-order valence-electron chi connectivity index (χ1n) is 7.89. The molecule has 1 aromatic rings. The zero-order chi connectivity index (χ0) is 15.5. The first kappa shape index (κ1) is 15.5. The summed E-state index contributed by atoms with van der Waals surface area (Å²) in [5, 5.41) is 0.0423. The lowest BCUT2D eigenvalue weighted by Gasteiger charge is -2.35. The molecule has 120 valence electrons. The minimum Gasteiger partial charge on any atom is -0.497 e. The molecule has 0 aromatic heterocycles. The predicted molar refractivity (Wildman–Crippen MR) is 88.5 cm³/mol. The summed E-state index contributed by atoms with van der Waals surface area (Å²) in [5.41, 5.74) is 1.04. The van der Waals surface area contributed by atoms with Crippen LogP contribution in [0.1, 0.15) is 43.0 Å². The molecule has 0 spiro atoms. The fourth-order valence-electron chi connectivity index (χ4n) is 3.46. The van der Waals surface area contributed by atoms with Crippen molar-refractivity contribution < 1.29 is 14.3 Å². The highest BCUT2D eigenvalue weighted by Crippen LogP contribution is 2.46. The lowest BCUT2D eigenvalue weighted by molar-refractivity contribution is -0.131. The van der Waals surface area contributed by atoms with Gasteiger partial charge >= 0.3 is 0 Å². The number of thioether (sulfide) groups is 1. The molecule has 1 aromatic carbocycles. The van der Waals surface area contributed by atoms with Crippen molar-refractivity contribution in [2.24, 2.45) is 0 Å². The molecule has 0 bridgehead atoms. The zero-order valence-electron chi connectivity index (χ0n) is 13.2. The van der Waals surface area contributed by atoms with Crippen LogP contribution in [0.4, 0.5) is 0 Å². The van der Waals surface area contributed by atoms with Gasteiger partial charge in [-0.25, -0.2) is 0 Å². The summed E-state index contributed by atoms with van der Waals surface area (Å²) in [4.78, 5) is 14.5. The van der Waals surface area contributed by atoms with E-state index in [1.165, 1.54) is 19.3 Å². The molecular formula is C17H23NO3S. The van der Waals surface area contributed by atoms with Crippen LogP contribution in [0.5, 0.6) is 11.5 Å². The highest BCUT2D eigenvalue weighted by atomic mass is 32.2. The van der Waals surface area contributed by atoms with Gasteiger partial charge in [-0.15, -0.1) is 11.8 Å². The second-order valence-corrected chi connectivity index (χ2v) is 6.93. The maximum absolute atomic E-state index is 12.4. The Morgan fingerprint density at radius 3 is 2.59 bits per heavy atom. The fraction of sp³-hybridized carbons (Fsp3) is 0.588. The van der Waals surface area contributed by atoms with E-state index in [-0.39, 0.29) is 11.3 Å². The van der Waals surface area contributed by atoms with Gasteiger partial charge in [-0.2, -0.15) is 0 Å². The molecule has 1 aliphatic carbocycles. The molecule has 22 heavy (non-hydrogen) atoms. The van der Waals surface area contributed by atoms with Crippen molar-refractivity contribution >= 4 is 17.7 Å². The van der Waals surface area contributed by atoms with E-state index in [9.17, 15) is 4.79 Å². The summed E-state index contributed by atoms with van der Waals surface area (Å²) in [7, 11) is 3.34. The van der Waals surface area contributed by atoms with Crippen LogP contribution in [0.2, 0.25) is 0 Å².